The molecule has 1 aliphatic carbocycles. The molecule has 3 rings (SSSR count). The lowest BCUT2D eigenvalue weighted by Crippen LogP contribution is -2.45. The number of amides is 1. The molecule has 0 saturated heterocycles. The number of nitro groups is 1. The molecule has 5 nitrogen and oxygen atoms in total. The number of hydrogen-bond acceptors (Lipinski definition) is 3. The van der Waals surface area contributed by atoms with E-state index in [1.165, 1.54) is 18.2 Å². The molecule has 0 heterocycles. The minimum atomic E-state index is -0.552. The van der Waals surface area contributed by atoms with Crippen LogP contribution in [0, 0.1) is 10.1 Å². The van der Waals surface area contributed by atoms with Gasteiger partial charge < -0.3 is 5.32 Å². The van der Waals surface area contributed by atoms with Crippen molar-refractivity contribution in [3.63, 3.8) is 0 Å². The maximum Gasteiger partial charge on any atom is 0.282 e. The van der Waals surface area contributed by atoms with Gasteiger partial charge in [-0.3, -0.25) is 14.9 Å². The van der Waals surface area contributed by atoms with Crippen LogP contribution in [-0.2, 0) is 0 Å². The summed E-state index contributed by atoms with van der Waals surface area (Å²) in [5.74, 6) is -0.358. The first kappa shape index (κ1) is 16.7. The molecule has 124 valence electrons. The first-order valence-electron chi connectivity index (χ1n) is 7.46. The Kier molecular flexibility index (Phi) is 4.73. The van der Waals surface area contributed by atoms with Crippen molar-refractivity contribution >= 4 is 34.8 Å². The van der Waals surface area contributed by atoms with Crippen LogP contribution in [-0.4, -0.2) is 16.9 Å². The third-order valence-corrected chi connectivity index (χ3v) is 4.86. The van der Waals surface area contributed by atoms with Crippen LogP contribution in [0.5, 0.6) is 0 Å². The van der Waals surface area contributed by atoms with Crippen LogP contribution < -0.4 is 5.32 Å². The molecule has 1 saturated carbocycles. The second-order valence-electron chi connectivity index (χ2n) is 5.70. The zero-order valence-corrected chi connectivity index (χ0v) is 14.1. The molecule has 0 spiro atoms. The number of nitrogens with one attached hydrogen (secondary N) is 1. The molecule has 1 amide bonds. The molecule has 7 heteroatoms. The maximum atomic E-state index is 12.4. The van der Waals surface area contributed by atoms with E-state index in [0.717, 1.165) is 18.4 Å². The minimum Gasteiger partial charge on any atom is -0.348 e. The Hall–Kier alpha value is -2.11. The Balaban J connectivity index is 1.77. The minimum absolute atomic E-state index is 0.0651. The second-order valence-corrected chi connectivity index (χ2v) is 6.55. The van der Waals surface area contributed by atoms with E-state index >= 15 is 0 Å². The summed E-state index contributed by atoms with van der Waals surface area (Å²) in [5.41, 5.74) is 0.797. The average molecular weight is 365 g/mol. The van der Waals surface area contributed by atoms with Gasteiger partial charge in [-0.15, -0.1) is 0 Å². The first-order valence-corrected chi connectivity index (χ1v) is 8.22. The fourth-order valence-corrected chi connectivity index (χ4v) is 3.47. The van der Waals surface area contributed by atoms with Crippen LogP contribution >= 0.6 is 23.2 Å². The van der Waals surface area contributed by atoms with Crippen molar-refractivity contribution in [2.24, 2.45) is 0 Å². The van der Waals surface area contributed by atoms with Crippen LogP contribution in [0.2, 0.25) is 10.0 Å². The predicted octanol–water partition coefficient (Wildman–Crippen LogP) is 4.58. The van der Waals surface area contributed by atoms with E-state index in [1.54, 1.807) is 18.2 Å². The zero-order chi connectivity index (χ0) is 17.3. The molecule has 2 aromatic carbocycles. The molecule has 1 aliphatic rings. The summed E-state index contributed by atoms with van der Waals surface area (Å²) in [6.07, 6.45) is 1.69. The topological polar surface area (TPSA) is 72.2 Å². The smallest absolute Gasteiger partial charge is 0.282 e. The number of halogens is 2. The number of carbonyl (C=O) groups excluding carboxylic acids is 1. The van der Waals surface area contributed by atoms with Crippen LogP contribution in [0.15, 0.2) is 42.5 Å². The third-order valence-electron chi connectivity index (χ3n) is 4.30. The van der Waals surface area contributed by atoms with Crippen molar-refractivity contribution < 1.29 is 9.72 Å². The van der Waals surface area contributed by atoms with Crippen molar-refractivity contribution in [1.29, 1.82) is 0 Å². The van der Waals surface area contributed by atoms with Gasteiger partial charge in [0.15, 0.2) is 0 Å². The first-order chi connectivity index (χ1) is 11.5. The summed E-state index contributed by atoms with van der Waals surface area (Å²) in [7, 11) is 0. The Bertz CT molecular complexity index is 810. The van der Waals surface area contributed by atoms with Gasteiger partial charge in [-0.1, -0.05) is 41.4 Å². The van der Waals surface area contributed by atoms with Gasteiger partial charge in [-0.2, -0.15) is 0 Å². The van der Waals surface area contributed by atoms with Gasteiger partial charge in [0.1, 0.15) is 5.56 Å². The fraction of sp³-hybridized carbons (Fsp3) is 0.235. The van der Waals surface area contributed by atoms with Crippen LogP contribution in [0.3, 0.4) is 0 Å². The normalized spacial score (nSPS) is 19.4. The van der Waals surface area contributed by atoms with Crippen molar-refractivity contribution in [3.8, 4) is 0 Å². The van der Waals surface area contributed by atoms with Crippen LogP contribution in [0.25, 0.3) is 0 Å². The Morgan fingerprint density at radius 1 is 1.17 bits per heavy atom. The Labute approximate surface area is 148 Å². The van der Waals surface area contributed by atoms with E-state index in [4.69, 9.17) is 23.2 Å². The summed E-state index contributed by atoms with van der Waals surface area (Å²) < 4.78 is 0. The van der Waals surface area contributed by atoms with Gasteiger partial charge in [-0.25, -0.2) is 0 Å². The monoisotopic (exact) mass is 364 g/mol. The Morgan fingerprint density at radius 2 is 1.92 bits per heavy atom. The lowest BCUT2D eigenvalue weighted by atomic mass is 9.75. The van der Waals surface area contributed by atoms with Gasteiger partial charge in [0, 0.05) is 28.1 Å². The zero-order valence-electron chi connectivity index (χ0n) is 12.5. The maximum absolute atomic E-state index is 12.4. The largest absolute Gasteiger partial charge is 0.348 e. The molecular weight excluding hydrogens is 351 g/mol. The number of benzene rings is 2. The summed E-state index contributed by atoms with van der Waals surface area (Å²) in [5, 5.41) is 15.1. The molecule has 1 N–H and O–H groups in total. The van der Waals surface area contributed by atoms with Crippen molar-refractivity contribution in [2.45, 2.75) is 24.8 Å². The summed E-state index contributed by atoms with van der Waals surface area (Å²) >= 11 is 12.1. The lowest BCUT2D eigenvalue weighted by molar-refractivity contribution is -0.385. The molecule has 0 radical (unpaired) electrons. The highest BCUT2D eigenvalue weighted by Gasteiger charge is 2.35. The van der Waals surface area contributed by atoms with Gasteiger partial charge in [0.05, 0.1) is 4.92 Å². The van der Waals surface area contributed by atoms with Crippen molar-refractivity contribution in [3.05, 3.63) is 73.8 Å². The van der Waals surface area contributed by atoms with Gasteiger partial charge in [0.25, 0.3) is 11.6 Å². The van der Waals surface area contributed by atoms with Crippen LogP contribution in [0.1, 0.15) is 34.7 Å². The van der Waals surface area contributed by atoms with E-state index in [1.807, 2.05) is 6.07 Å². The fourth-order valence-electron chi connectivity index (χ4n) is 2.92. The van der Waals surface area contributed by atoms with E-state index in [2.05, 4.69) is 5.32 Å². The molecule has 24 heavy (non-hydrogen) atoms. The van der Waals surface area contributed by atoms with Gasteiger partial charge in [-0.05, 0) is 36.6 Å². The van der Waals surface area contributed by atoms with E-state index in [9.17, 15) is 14.9 Å². The number of rotatable bonds is 4. The standard InChI is InChI=1S/C17H14Cl2N2O3/c18-10-5-6-11(14(19)9-10)12-7-8-15(12)20-17(22)13-3-1-2-4-16(13)21(23)24/h1-6,9,12,15H,7-8H2,(H,20,22)/t12-,15-/m1/s1. The van der Waals surface area contributed by atoms with Crippen molar-refractivity contribution in [1.82, 2.24) is 5.32 Å². The molecule has 2 atom stereocenters. The molecule has 0 bridgehead atoms. The van der Waals surface area contributed by atoms with Crippen molar-refractivity contribution in [2.75, 3.05) is 0 Å². The average Bonchev–Trinajstić information content (AvgIpc) is 2.53. The molecule has 0 unspecified atom stereocenters. The number of para-hydroxylation sites is 1. The highest BCUT2D eigenvalue weighted by Crippen LogP contribution is 2.41. The van der Waals surface area contributed by atoms with Crippen LogP contribution in [0.4, 0.5) is 5.69 Å². The highest BCUT2D eigenvalue weighted by molar-refractivity contribution is 6.35. The second kappa shape index (κ2) is 6.79. The predicted molar refractivity (Wildman–Crippen MR) is 92.8 cm³/mol. The van der Waals surface area contributed by atoms with E-state index < -0.39 is 10.8 Å². The van der Waals surface area contributed by atoms with Gasteiger partial charge in [0.2, 0.25) is 0 Å². The number of nitro benzene ring substituents is 1. The molecule has 2 aromatic rings. The highest BCUT2D eigenvalue weighted by atomic mass is 35.5. The molecule has 0 aromatic heterocycles. The quantitative estimate of drug-likeness (QED) is 0.637. The molecule has 0 aliphatic heterocycles. The summed E-state index contributed by atoms with van der Waals surface area (Å²) in [6, 6.07) is 11.1. The SMILES string of the molecule is O=C(N[C@@H]1CC[C@@H]1c1ccc(Cl)cc1Cl)c1ccccc1[N+](=O)[O-]. The Morgan fingerprint density at radius 3 is 2.54 bits per heavy atom. The molecular formula is C17H14Cl2N2O3. The number of nitrogens with zero attached hydrogens (tertiary/aromatic N) is 1. The lowest BCUT2D eigenvalue weighted by Gasteiger charge is -2.38. The number of carbonyl (C=O) groups is 1. The third kappa shape index (κ3) is 3.23. The van der Waals surface area contributed by atoms with E-state index in [-0.39, 0.29) is 23.2 Å². The summed E-state index contributed by atoms with van der Waals surface area (Å²) in [4.78, 5) is 22.9. The van der Waals surface area contributed by atoms with E-state index in [0.29, 0.717) is 10.0 Å². The molecule has 1 fully saturated rings. The van der Waals surface area contributed by atoms with Gasteiger partial charge >= 0.3 is 0 Å². The number of hydrogen-bond donors (Lipinski definition) is 1. The summed E-state index contributed by atoms with van der Waals surface area (Å²) in [6.45, 7) is 0.